The van der Waals surface area contributed by atoms with Gasteiger partial charge in [-0.2, -0.15) is 4.98 Å². The quantitative estimate of drug-likeness (QED) is 0.455. The van der Waals surface area contributed by atoms with Gasteiger partial charge in [0.25, 0.3) is 0 Å². The van der Waals surface area contributed by atoms with E-state index >= 15 is 0 Å². The summed E-state index contributed by atoms with van der Waals surface area (Å²) in [6.45, 7) is 1.95. The van der Waals surface area contributed by atoms with Crippen molar-refractivity contribution in [3.63, 3.8) is 0 Å². The van der Waals surface area contributed by atoms with E-state index in [2.05, 4.69) is 20.4 Å². The Balaban J connectivity index is 1.62. The second kappa shape index (κ2) is 8.62. The maximum Gasteiger partial charge on any atom is 0.250 e. The molecular weight excluding hydrogens is 384 g/mol. The molecular formula is C22H18N4O2S. The molecule has 7 heteroatoms. The highest BCUT2D eigenvalue weighted by Gasteiger charge is 2.20. The lowest BCUT2D eigenvalue weighted by molar-refractivity contribution is -0.111. The molecule has 2 aromatic heterocycles. The highest BCUT2D eigenvalue weighted by atomic mass is 32.1. The van der Waals surface area contributed by atoms with E-state index in [4.69, 9.17) is 4.52 Å². The number of thiazole rings is 1. The number of carbonyl (C=O) groups excluding carboxylic acids is 1. The van der Waals surface area contributed by atoms with Crippen LogP contribution in [0, 0.1) is 0 Å². The van der Waals surface area contributed by atoms with Crippen molar-refractivity contribution in [1.82, 2.24) is 15.1 Å². The van der Waals surface area contributed by atoms with Gasteiger partial charge in [0, 0.05) is 18.1 Å². The van der Waals surface area contributed by atoms with Gasteiger partial charge in [0.2, 0.25) is 17.6 Å². The van der Waals surface area contributed by atoms with Gasteiger partial charge in [-0.15, -0.1) is 0 Å². The Labute approximate surface area is 171 Å². The lowest BCUT2D eigenvalue weighted by atomic mass is 10.1. The van der Waals surface area contributed by atoms with Crippen LogP contribution < -0.4 is 5.32 Å². The summed E-state index contributed by atoms with van der Waals surface area (Å²) >= 11 is 1.32. The number of aromatic nitrogens is 3. The first kappa shape index (κ1) is 18.8. The second-order valence-electron chi connectivity index (χ2n) is 6.16. The monoisotopic (exact) mass is 402 g/mol. The first-order valence-corrected chi connectivity index (χ1v) is 9.98. The summed E-state index contributed by atoms with van der Waals surface area (Å²) < 4.78 is 5.26. The SMILES string of the molecule is CCc1nc(-c2sc(NC(=O)C=Cc3ccccc3)nc2-c2ccccc2)no1. The number of rotatable bonds is 6. The minimum Gasteiger partial charge on any atom is -0.339 e. The third kappa shape index (κ3) is 4.47. The van der Waals surface area contributed by atoms with Gasteiger partial charge in [0.1, 0.15) is 4.88 Å². The van der Waals surface area contributed by atoms with Crippen LogP contribution in [0.15, 0.2) is 71.3 Å². The molecule has 0 saturated heterocycles. The Hall–Kier alpha value is -3.58. The maximum absolute atomic E-state index is 12.3. The van der Waals surface area contributed by atoms with Crippen LogP contribution in [0.3, 0.4) is 0 Å². The lowest BCUT2D eigenvalue weighted by Crippen LogP contribution is -2.07. The van der Waals surface area contributed by atoms with Crippen LogP contribution in [0.25, 0.3) is 28.0 Å². The number of benzene rings is 2. The standard InChI is InChI=1S/C22H18N4O2S/c1-2-18-24-21(26-28-18)20-19(16-11-7-4-8-12-16)25-22(29-20)23-17(27)14-13-15-9-5-3-6-10-15/h3-14H,2H2,1H3,(H,23,25,27). The molecule has 0 bridgehead atoms. The molecule has 1 amide bonds. The van der Waals surface area contributed by atoms with Gasteiger partial charge in [-0.3, -0.25) is 10.1 Å². The summed E-state index contributed by atoms with van der Waals surface area (Å²) in [6.07, 6.45) is 3.90. The van der Waals surface area contributed by atoms with Gasteiger partial charge in [-0.05, 0) is 11.6 Å². The second-order valence-corrected chi connectivity index (χ2v) is 7.16. The zero-order valence-corrected chi connectivity index (χ0v) is 16.5. The smallest absolute Gasteiger partial charge is 0.250 e. The predicted octanol–water partition coefficient (Wildman–Crippen LogP) is 5.07. The van der Waals surface area contributed by atoms with Crippen LogP contribution in [-0.4, -0.2) is 21.0 Å². The van der Waals surface area contributed by atoms with E-state index in [0.717, 1.165) is 16.0 Å². The van der Waals surface area contributed by atoms with Crippen molar-refractivity contribution in [3.8, 4) is 22.0 Å². The molecule has 144 valence electrons. The molecule has 0 spiro atoms. The molecule has 2 heterocycles. The molecule has 4 rings (SSSR count). The molecule has 0 atom stereocenters. The van der Waals surface area contributed by atoms with Gasteiger partial charge in [-0.25, -0.2) is 4.98 Å². The summed E-state index contributed by atoms with van der Waals surface area (Å²) in [5.74, 6) is 0.776. The Morgan fingerprint density at radius 1 is 1.07 bits per heavy atom. The number of nitrogens with zero attached hydrogens (tertiary/aromatic N) is 3. The Kier molecular flexibility index (Phi) is 5.58. The molecule has 0 aliphatic heterocycles. The van der Waals surface area contributed by atoms with E-state index in [-0.39, 0.29) is 5.91 Å². The Bertz CT molecular complexity index is 1130. The Morgan fingerprint density at radius 3 is 2.48 bits per heavy atom. The molecule has 1 N–H and O–H groups in total. The van der Waals surface area contributed by atoms with Crippen LogP contribution in [0.1, 0.15) is 18.4 Å². The molecule has 0 saturated carbocycles. The van der Waals surface area contributed by atoms with E-state index < -0.39 is 0 Å². The normalized spacial score (nSPS) is 11.1. The fourth-order valence-corrected chi connectivity index (χ4v) is 3.61. The third-order valence-electron chi connectivity index (χ3n) is 4.10. The van der Waals surface area contributed by atoms with Crippen molar-refractivity contribution in [2.45, 2.75) is 13.3 Å². The average molecular weight is 402 g/mol. The van der Waals surface area contributed by atoms with Crippen molar-refractivity contribution < 1.29 is 9.32 Å². The summed E-state index contributed by atoms with van der Waals surface area (Å²) in [4.78, 5) is 22.1. The van der Waals surface area contributed by atoms with Crippen LogP contribution in [0.5, 0.6) is 0 Å². The average Bonchev–Trinajstić information content (AvgIpc) is 3.40. The predicted molar refractivity (Wildman–Crippen MR) is 114 cm³/mol. The molecule has 0 unspecified atom stereocenters. The van der Waals surface area contributed by atoms with E-state index in [0.29, 0.717) is 29.0 Å². The van der Waals surface area contributed by atoms with Crippen LogP contribution in [-0.2, 0) is 11.2 Å². The van der Waals surface area contributed by atoms with E-state index in [9.17, 15) is 4.79 Å². The fourth-order valence-electron chi connectivity index (χ4n) is 2.69. The molecule has 6 nitrogen and oxygen atoms in total. The summed E-state index contributed by atoms with van der Waals surface area (Å²) in [6, 6.07) is 19.4. The van der Waals surface area contributed by atoms with E-state index in [1.807, 2.05) is 67.6 Å². The number of amides is 1. The van der Waals surface area contributed by atoms with Gasteiger partial charge >= 0.3 is 0 Å². The highest BCUT2D eigenvalue weighted by molar-refractivity contribution is 7.19. The van der Waals surface area contributed by atoms with Crippen molar-refractivity contribution in [3.05, 3.63) is 78.2 Å². The van der Waals surface area contributed by atoms with Gasteiger partial charge in [0.15, 0.2) is 5.13 Å². The highest BCUT2D eigenvalue weighted by Crippen LogP contribution is 2.37. The third-order valence-corrected chi connectivity index (χ3v) is 5.07. The van der Waals surface area contributed by atoms with Crippen molar-refractivity contribution in [2.75, 3.05) is 5.32 Å². The lowest BCUT2D eigenvalue weighted by Gasteiger charge is -1.98. The summed E-state index contributed by atoms with van der Waals surface area (Å²) in [7, 11) is 0. The zero-order chi connectivity index (χ0) is 20.1. The number of hydrogen-bond donors (Lipinski definition) is 1. The van der Waals surface area contributed by atoms with Crippen LogP contribution >= 0.6 is 11.3 Å². The van der Waals surface area contributed by atoms with Crippen LogP contribution in [0.4, 0.5) is 5.13 Å². The maximum atomic E-state index is 12.3. The minimum atomic E-state index is -0.254. The summed E-state index contributed by atoms with van der Waals surface area (Å²) in [5, 5.41) is 7.37. The Morgan fingerprint density at radius 2 is 1.79 bits per heavy atom. The zero-order valence-electron chi connectivity index (χ0n) is 15.7. The van der Waals surface area contributed by atoms with Gasteiger partial charge in [-0.1, -0.05) is 84.1 Å². The summed E-state index contributed by atoms with van der Waals surface area (Å²) in [5.41, 5.74) is 2.58. The molecule has 4 aromatic rings. The number of hydrogen-bond acceptors (Lipinski definition) is 6. The molecule has 0 radical (unpaired) electrons. The fraction of sp³-hybridized carbons (Fsp3) is 0.0909. The molecule has 2 aromatic carbocycles. The number of carbonyl (C=O) groups is 1. The molecule has 0 aliphatic carbocycles. The van der Waals surface area contributed by atoms with Crippen LogP contribution in [0.2, 0.25) is 0 Å². The number of anilines is 1. The van der Waals surface area contributed by atoms with Gasteiger partial charge in [0.05, 0.1) is 5.69 Å². The number of nitrogens with one attached hydrogen (secondary N) is 1. The van der Waals surface area contributed by atoms with Crippen molar-refractivity contribution in [1.29, 1.82) is 0 Å². The topological polar surface area (TPSA) is 80.9 Å². The van der Waals surface area contributed by atoms with E-state index in [1.165, 1.54) is 17.4 Å². The van der Waals surface area contributed by atoms with Crippen molar-refractivity contribution >= 4 is 28.5 Å². The molecule has 29 heavy (non-hydrogen) atoms. The number of aryl methyl sites for hydroxylation is 1. The molecule has 0 aliphatic rings. The largest absolute Gasteiger partial charge is 0.339 e. The first-order chi connectivity index (χ1) is 14.2. The molecule has 0 fully saturated rings. The van der Waals surface area contributed by atoms with E-state index in [1.54, 1.807) is 6.08 Å². The van der Waals surface area contributed by atoms with Crippen molar-refractivity contribution in [2.24, 2.45) is 0 Å². The minimum absolute atomic E-state index is 0.254. The first-order valence-electron chi connectivity index (χ1n) is 9.16. The van der Waals surface area contributed by atoms with Gasteiger partial charge < -0.3 is 4.52 Å².